The van der Waals surface area contributed by atoms with Gasteiger partial charge in [-0.15, -0.1) is 0 Å². The number of carboxylic acid groups (broad SMARTS) is 1. The van der Waals surface area contributed by atoms with Crippen molar-refractivity contribution in [2.45, 2.75) is 6.42 Å². The number of aliphatic hydroxyl groups is 1. The predicted molar refractivity (Wildman–Crippen MR) is 119 cm³/mol. The maximum absolute atomic E-state index is 11.3. The number of anilines is 1. The number of carboxylic acids is 1. The van der Waals surface area contributed by atoms with Gasteiger partial charge >= 0.3 is 5.97 Å². The summed E-state index contributed by atoms with van der Waals surface area (Å²) in [5.41, 5.74) is 3.74. The number of imidazole rings is 1. The van der Waals surface area contributed by atoms with E-state index in [0.29, 0.717) is 17.8 Å². The van der Waals surface area contributed by atoms with Gasteiger partial charge in [0.25, 0.3) is 0 Å². The maximum atomic E-state index is 11.3. The van der Waals surface area contributed by atoms with Crippen molar-refractivity contribution in [1.29, 1.82) is 0 Å². The second kappa shape index (κ2) is 9.47. The van der Waals surface area contributed by atoms with Gasteiger partial charge in [-0.1, -0.05) is 6.07 Å². The Labute approximate surface area is 181 Å². The van der Waals surface area contributed by atoms with Gasteiger partial charge in [-0.05, 0) is 36.4 Å². The molecule has 1 aromatic heterocycles. The summed E-state index contributed by atoms with van der Waals surface area (Å²) in [6.45, 7) is 5.56. The monoisotopic (exact) mass is 424 g/mol. The van der Waals surface area contributed by atoms with E-state index in [0.717, 1.165) is 56.2 Å². The Morgan fingerprint density at radius 2 is 1.87 bits per heavy atom. The highest BCUT2D eigenvalue weighted by Gasteiger charge is 2.19. The van der Waals surface area contributed by atoms with E-state index in [4.69, 9.17) is 4.74 Å². The fourth-order valence-electron chi connectivity index (χ4n) is 4.10. The molecule has 0 spiro atoms. The lowest BCUT2D eigenvalue weighted by Crippen LogP contribution is -2.47. The number of piperazine rings is 1. The van der Waals surface area contributed by atoms with Crippen LogP contribution in [0.2, 0.25) is 0 Å². The van der Waals surface area contributed by atoms with Crippen LogP contribution in [0.5, 0.6) is 0 Å². The first-order valence-electron chi connectivity index (χ1n) is 10.5. The zero-order valence-corrected chi connectivity index (χ0v) is 17.7. The van der Waals surface area contributed by atoms with Crippen molar-refractivity contribution in [3.05, 3.63) is 53.9 Å². The highest BCUT2D eigenvalue weighted by molar-refractivity contribution is 5.93. The van der Waals surface area contributed by atoms with Crippen LogP contribution in [0.3, 0.4) is 0 Å². The lowest BCUT2D eigenvalue weighted by molar-refractivity contribution is 0.0697. The molecule has 0 bridgehead atoms. The molecule has 1 aliphatic heterocycles. The molecule has 0 unspecified atom stereocenters. The van der Waals surface area contributed by atoms with Crippen LogP contribution < -0.4 is 4.90 Å². The summed E-state index contributed by atoms with van der Waals surface area (Å²) in [5, 5.41) is 18.8. The molecule has 8 nitrogen and oxygen atoms in total. The number of benzene rings is 2. The van der Waals surface area contributed by atoms with E-state index in [1.54, 1.807) is 25.3 Å². The second-order valence-electron chi connectivity index (χ2n) is 7.69. The molecule has 8 heteroatoms. The number of methoxy groups -OCH3 is 1. The third kappa shape index (κ3) is 4.56. The molecule has 0 radical (unpaired) electrons. The van der Waals surface area contributed by atoms with Crippen molar-refractivity contribution in [3.8, 4) is 5.69 Å². The first-order chi connectivity index (χ1) is 15.1. The lowest BCUT2D eigenvalue weighted by Gasteiger charge is -2.36. The molecule has 0 amide bonds. The van der Waals surface area contributed by atoms with Gasteiger partial charge in [-0.2, -0.15) is 0 Å². The van der Waals surface area contributed by atoms with Crippen LogP contribution in [0.4, 0.5) is 5.69 Å². The summed E-state index contributed by atoms with van der Waals surface area (Å²) in [7, 11) is 1.73. The van der Waals surface area contributed by atoms with E-state index >= 15 is 0 Å². The molecule has 0 saturated carbocycles. The fourth-order valence-corrected chi connectivity index (χ4v) is 4.10. The number of nitrogens with zero attached hydrogens (tertiary/aromatic N) is 4. The number of fused-ring (bicyclic) bond motifs is 1. The molecule has 164 valence electrons. The number of rotatable bonds is 8. The van der Waals surface area contributed by atoms with Gasteiger partial charge < -0.3 is 19.8 Å². The third-order valence-corrected chi connectivity index (χ3v) is 5.74. The molecular formula is C23H28N4O4. The van der Waals surface area contributed by atoms with Crippen LogP contribution >= 0.6 is 0 Å². The number of hydrogen-bond acceptors (Lipinski definition) is 6. The Morgan fingerprint density at radius 1 is 1.10 bits per heavy atom. The van der Waals surface area contributed by atoms with Crippen molar-refractivity contribution < 1.29 is 19.7 Å². The van der Waals surface area contributed by atoms with Gasteiger partial charge in [0.1, 0.15) is 5.82 Å². The Hall–Kier alpha value is -2.94. The standard InChI is InChI=1S/C23H28N4O4/c1-31-14-12-25-8-10-26(11-9-25)18-3-2-4-19(16-18)27-21-6-5-17(23(29)30)15-20(21)24-22(27)7-13-28/h2-6,15-16,28H,7-14H2,1H3,(H,29,30). The zero-order valence-electron chi connectivity index (χ0n) is 17.7. The Bertz CT molecular complexity index is 1060. The number of hydrogen-bond donors (Lipinski definition) is 2. The first-order valence-corrected chi connectivity index (χ1v) is 10.5. The van der Waals surface area contributed by atoms with Crippen molar-refractivity contribution in [2.24, 2.45) is 0 Å². The van der Waals surface area contributed by atoms with Crippen molar-refractivity contribution in [2.75, 3.05) is 57.9 Å². The molecule has 4 rings (SSSR count). The molecule has 2 heterocycles. The SMILES string of the molecule is COCCN1CCN(c2cccc(-n3c(CCO)nc4cc(C(=O)O)ccc43)c2)CC1. The van der Waals surface area contributed by atoms with Gasteiger partial charge in [0.2, 0.25) is 0 Å². The minimum absolute atomic E-state index is 0.0295. The number of aromatic carboxylic acids is 1. The molecule has 2 aromatic carbocycles. The molecule has 2 N–H and O–H groups in total. The molecule has 1 fully saturated rings. The van der Waals surface area contributed by atoms with E-state index in [-0.39, 0.29) is 12.2 Å². The number of aliphatic hydroxyl groups excluding tert-OH is 1. The van der Waals surface area contributed by atoms with E-state index in [9.17, 15) is 15.0 Å². The van der Waals surface area contributed by atoms with Gasteiger partial charge in [0.15, 0.2) is 0 Å². The van der Waals surface area contributed by atoms with Crippen LogP contribution in [0.1, 0.15) is 16.2 Å². The van der Waals surface area contributed by atoms with Crippen LogP contribution in [0.15, 0.2) is 42.5 Å². The fraction of sp³-hybridized carbons (Fsp3) is 0.391. The summed E-state index contributed by atoms with van der Waals surface area (Å²) in [6.07, 6.45) is 0.388. The summed E-state index contributed by atoms with van der Waals surface area (Å²) >= 11 is 0. The van der Waals surface area contributed by atoms with E-state index in [2.05, 4.69) is 26.9 Å². The van der Waals surface area contributed by atoms with Crippen molar-refractivity contribution in [3.63, 3.8) is 0 Å². The highest BCUT2D eigenvalue weighted by Crippen LogP contribution is 2.26. The van der Waals surface area contributed by atoms with Crippen molar-refractivity contribution >= 4 is 22.7 Å². The van der Waals surface area contributed by atoms with Gasteiger partial charge in [0.05, 0.1) is 29.8 Å². The van der Waals surface area contributed by atoms with Crippen molar-refractivity contribution in [1.82, 2.24) is 14.5 Å². The first kappa shape index (κ1) is 21.3. The lowest BCUT2D eigenvalue weighted by atomic mass is 10.2. The van der Waals surface area contributed by atoms with E-state index in [1.165, 1.54) is 0 Å². The van der Waals surface area contributed by atoms with E-state index < -0.39 is 5.97 Å². The average molecular weight is 425 g/mol. The Kier molecular flexibility index (Phi) is 6.50. The molecule has 31 heavy (non-hydrogen) atoms. The summed E-state index contributed by atoms with van der Waals surface area (Å²) in [4.78, 5) is 20.7. The molecule has 1 saturated heterocycles. The smallest absolute Gasteiger partial charge is 0.335 e. The number of carbonyl (C=O) groups is 1. The molecule has 0 aliphatic carbocycles. The summed E-state index contributed by atoms with van der Waals surface area (Å²) < 4.78 is 7.19. The number of ether oxygens (including phenoxy) is 1. The predicted octanol–water partition coefficient (Wildman–Crippen LogP) is 2.03. The molecule has 1 aliphatic rings. The highest BCUT2D eigenvalue weighted by atomic mass is 16.5. The molecular weight excluding hydrogens is 396 g/mol. The van der Waals surface area contributed by atoms with Gasteiger partial charge in [-0.25, -0.2) is 9.78 Å². The second-order valence-corrected chi connectivity index (χ2v) is 7.69. The van der Waals surface area contributed by atoms with Crippen LogP contribution in [0, 0.1) is 0 Å². The van der Waals surface area contributed by atoms with E-state index in [1.807, 2.05) is 16.7 Å². The van der Waals surface area contributed by atoms with Gasteiger partial charge in [-0.3, -0.25) is 9.47 Å². The minimum atomic E-state index is -0.980. The zero-order chi connectivity index (χ0) is 21.8. The summed E-state index contributed by atoms with van der Waals surface area (Å²) in [6, 6.07) is 13.3. The average Bonchev–Trinajstić information content (AvgIpc) is 3.15. The number of aromatic nitrogens is 2. The topological polar surface area (TPSA) is 91.1 Å². The van der Waals surface area contributed by atoms with Crippen LogP contribution in [0.25, 0.3) is 16.7 Å². The summed E-state index contributed by atoms with van der Waals surface area (Å²) in [5.74, 6) is -0.270. The van der Waals surface area contributed by atoms with Crippen LogP contribution in [-0.2, 0) is 11.2 Å². The Balaban J connectivity index is 1.64. The molecule has 0 atom stereocenters. The Morgan fingerprint density at radius 3 is 2.58 bits per heavy atom. The maximum Gasteiger partial charge on any atom is 0.335 e. The quantitative estimate of drug-likeness (QED) is 0.572. The largest absolute Gasteiger partial charge is 0.478 e. The minimum Gasteiger partial charge on any atom is -0.478 e. The normalized spacial score (nSPS) is 15.0. The van der Waals surface area contributed by atoms with Crippen LogP contribution in [-0.4, -0.2) is 83.7 Å². The van der Waals surface area contributed by atoms with Gasteiger partial charge in [0, 0.05) is 57.6 Å². The molecule has 3 aromatic rings. The third-order valence-electron chi connectivity index (χ3n) is 5.74.